The molecule has 0 fully saturated rings. The minimum absolute atomic E-state index is 0.242. The van der Waals surface area contributed by atoms with Gasteiger partial charge in [0.05, 0.1) is 24.4 Å². The first-order valence-corrected chi connectivity index (χ1v) is 9.76. The smallest absolute Gasteiger partial charge is 0.255 e. The predicted octanol–water partition coefficient (Wildman–Crippen LogP) is 4.57. The number of hydrogen-bond donors (Lipinski definition) is 1. The first-order valence-electron chi connectivity index (χ1n) is 9.76. The number of rotatable bonds is 6. The number of carbonyl (C=O) groups is 1. The molecule has 0 unspecified atom stereocenters. The summed E-state index contributed by atoms with van der Waals surface area (Å²) in [4.78, 5) is 17.3. The van der Waals surface area contributed by atoms with Gasteiger partial charge in [-0.2, -0.15) is 5.10 Å². The lowest BCUT2D eigenvalue weighted by atomic mass is 10.1. The Hall–Kier alpha value is -4.00. The molecule has 0 aliphatic carbocycles. The van der Waals surface area contributed by atoms with Crippen molar-refractivity contribution in [3.05, 3.63) is 96.2 Å². The second-order valence-corrected chi connectivity index (χ2v) is 7.03. The molecule has 2 aromatic carbocycles. The third-order valence-electron chi connectivity index (χ3n) is 4.93. The zero-order chi connectivity index (χ0) is 21.8. The van der Waals surface area contributed by atoms with Crippen molar-refractivity contribution in [2.75, 3.05) is 7.11 Å². The highest BCUT2D eigenvalue weighted by Gasteiger charge is 2.21. The van der Waals surface area contributed by atoms with Crippen LogP contribution in [0.15, 0.2) is 79.3 Å². The van der Waals surface area contributed by atoms with Crippen molar-refractivity contribution >= 4 is 5.91 Å². The van der Waals surface area contributed by atoms with Gasteiger partial charge in [-0.05, 0) is 55.0 Å². The number of pyridine rings is 1. The van der Waals surface area contributed by atoms with Gasteiger partial charge in [0.25, 0.3) is 5.91 Å². The third kappa shape index (κ3) is 4.45. The lowest BCUT2D eigenvalue weighted by molar-refractivity contribution is 0.0940. The molecule has 6 nitrogen and oxygen atoms in total. The van der Waals surface area contributed by atoms with Crippen LogP contribution in [0.5, 0.6) is 5.75 Å². The molecule has 1 atom stereocenters. The fraction of sp³-hybridized carbons (Fsp3) is 0.125. The van der Waals surface area contributed by atoms with Crippen LogP contribution in [0, 0.1) is 5.82 Å². The molecule has 0 bridgehead atoms. The summed E-state index contributed by atoms with van der Waals surface area (Å²) in [6.07, 6.45) is 5.05. The molecule has 156 valence electrons. The first kappa shape index (κ1) is 20.3. The van der Waals surface area contributed by atoms with Crippen molar-refractivity contribution in [3.8, 4) is 22.7 Å². The van der Waals surface area contributed by atoms with Crippen LogP contribution in [-0.2, 0) is 0 Å². The summed E-state index contributed by atoms with van der Waals surface area (Å²) in [5, 5.41) is 7.62. The van der Waals surface area contributed by atoms with Gasteiger partial charge in [0, 0.05) is 24.2 Å². The zero-order valence-electron chi connectivity index (χ0n) is 17.1. The normalized spacial score (nSPS) is 11.7. The number of amides is 1. The average Bonchev–Trinajstić information content (AvgIpc) is 3.26. The second-order valence-electron chi connectivity index (χ2n) is 7.03. The average molecular weight is 416 g/mol. The highest BCUT2D eigenvalue weighted by atomic mass is 19.1. The third-order valence-corrected chi connectivity index (χ3v) is 4.93. The van der Waals surface area contributed by atoms with Crippen molar-refractivity contribution in [1.29, 1.82) is 0 Å². The van der Waals surface area contributed by atoms with E-state index in [0.717, 1.165) is 11.1 Å². The minimum atomic E-state index is -0.341. The van der Waals surface area contributed by atoms with Gasteiger partial charge in [-0.15, -0.1) is 0 Å². The molecular weight excluding hydrogens is 395 g/mol. The van der Waals surface area contributed by atoms with E-state index < -0.39 is 0 Å². The number of nitrogens with one attached hydrogen (secondary N) is 1. The van der Waals surface area contributed by atoms with E-state index in [0.29, 0.717) is 22.7 Å². The Bertz CT molecular complexity index is 1190. The van der Waals surface area contributed by atoms with Crippen LogP contribution in [0.3, 0.4) is 0 Å². The molecular formula is C24H21FN4O2. The molecule has 0 saturated carbocycles. The van der Waals surface area contributed by atoms with E-state index in [9.17, 15) is 9.18 Å². The van der Waals surface area contributed by atoms with Crippen LogP contribution in [0.1, 0.15) is 28.9 Å². The van der Waals surface area contributed by atoms with Crippen LogP contribution in [0.25, 0.3) is 16.9 Å². The molecule has 7 heteroatoms. The Balaban J connectivity index is 1.73. The van der Waals surface area contributed by atoms with Gasteiger partial charge in [-0.25, -0.2) is 9.07 Å². The standard InChI is InChI=1S/C24H21FN4O2/c1-16(18-6-4-12-26-14-18)27-24(30)22-15-29(20-10-8-19(25)9-11-20)28-23(22)17-5-3-7-21(13-17)31-2/h3-16H,1-2H3,(H,27,30)/t16-/m0/s1. The molecule has 1 amide bonds. The summed E-state index contributed by atoms with van der Waals surface area (Å²) in [5.41, 5.74) is 3.17. The monoisotopic (exact) mass is 416 g/mol. The molecule has 0 aliphatic rings. The van der Waals surface area contributed by atoms with E-state index in [1.807, 2.05) is 43.3 Å². The van der Waals surface area contributed by atoms with Gasteiger partial charge in [0.2, 0.25) is 0 Å². The van der Waals surface area contributed by atoms with Gasteiger partial charge in [0.1, 0.15) is 17.3 Å². The van der Waals surface area contributed by atoms with Crippen molar-refractivity contribution < 1.29 is 13.9 Å². The number of halogens is 1. The van der Waals surface area contributed by atoms with Crippen LogP contribution >= 0.6 is 0 Å². The van der Waals surface area contributed by atoms with Gasteiger partial charge >= 0.3 is 0 Å². The number of ether oxygens (including phenoxy) is 1. The molecule has 2 aromatic heterocycles. The van der Waals surface area contributed by atoms with Gasteiger partial charge < -0.3 is 10.1 Å². The summed E-state index contributed by atoms with van der Waals surface area (Å²) < 4.78 is 20.2. The van der Waals surface area contributed by atoms with Crippen LogP contribution in [0.2, 0.25) is 0 Å². The zero-order valence-corrected chi connectivity index (χ0v) is 17.1. The Morgan fingerprint density at radius 3 is 2.65 bits per heavy atom. The first-order chi connectivity index (χ1) is 15.0. The summed E-state index contributed by atoms with van der Waals surface area (Å²) in [7, 11) is 1.58. The van der Waals surface area contributed by atoms with Gasteiger partial charge in [-0.3, -0.25) is 9.78 Å². The Morgan fingerprint density at radius 1 is 1.13 bits per heavy atom. The molecule has 2 heterocycles. The Labute approximate surface area is 179 Å². The fourth-order valence-corrected chi connectivity index (χ4v) is 3.24. The summed E-state index contributed by atoms with van der Waals surface area (Å²) in [6.45, 7) is 1.89. The lowest BCUT2D eigenvalue weighted by Crippen LogP contribution is -2.26. The van der Waals surface area contributed by atoms with Crippen LogP contribution in [0.4, 0.5) is 4.39 Å². The fourth-order valence-electron chi connectivity index (χ4n) is 3.24. The van der Waals surface area contributed by atoms with E-state index in [4.69, 9.17) is 4.74 Å². The van der Waals surface area contributed by atoms with E-state index in [1.54, 1.807) is 42.5 Å². The SMILES string of the molecule is COc1cccc(-c2nn(-c3ccc(F)cc3)cc2C(=O)N[C@@H](C)c2cccnc2)c1. The maximum absolute atomic E-state index is 13.4. The second kappa shape index (κ2) is 8.79. The largest absolute Gasteiger partial charge is 0.497 e. The molecule has 0 aliphatic heterocycles. The van der Waals surface area contributed by atoms with Crippen molar-refractivity contribution in [2.24, 2.45) is 0 Å². The Kier molecular flexibility index (Phi) is 5.75. The summed E-state index contributed by atoms with van der Waals surface area (Å²) >= 11 is 0. The van der Waals surface area contributed by atoms with E-state index in [2.05, 4.69) is 15.4 Å². The minimum Gasteiger partial charge on any atom is -0.497 e. The van der Waals surface area contributed by atoms with Gasteiger partial charge in [-0.1, -0.05) is 18.2 Å². The molecule has 31 heavy (non-hydrogen) atoms. The van der Waals surface area contributed by atoms with Crippen molar-refractivity contribution in [1.82, 2.24) is 20.1 Å². The molecule has 0 saturated heterocycles. The van der Waals surface area contributed by atoms with Crippen molar-refractivity contribution in [3.63, 3.8) is 0 Å². The number of aromatic nitrogens is 3. The lowest BCUT2D eigenvalue weighted by Gasteiger charge is -2.13. The Morgan fingerprint density at radius 2 is 1.94 bits per heavy atom. The van der Waals surface area contributed by atoms with Crippen LogP contribution < -0.4 is 10.1 Å². The number of benzene rings is 2. The summed E-state index contributed by atoms with van der Waals surface area (Å²) in [5.74, 6) is 0.0404. The van der Waals surface area contributed by atoms with E-state index in [-0.39, 0.29) is 17.8 Å². The maximum atomic E-state index is 13.4. The highest BCUT2D eigenvalue weighted by molar-refractivity contribution is 6.00. The number of carbonyl (C=O) groups excluding carboxylic acids is 1. The topological polar surface area (TPSA) is 69.0 Å². The van der Waals surface area contributed by atoms with E-state index >= 15 is 0 Å². The molecule has 4 aromatic rings. The van der Waals surface area contributed by atoms with Crippen molar-refractivity contribution in [2.45, 2.75) is 13.0 Å². The molecule has 4 rings (SSSR count). The summed E-state index contributed by atoms with van der Waals surface area (Å²) in [6, 6.07) is 16.8. The van der Waals surface area contributed by atoms with Gasteiger partial charge in [0.15, 0.2) is 0 Å². The molecule has 0 radical (unpaired) electrons. The predicted molar refractivity (Wildman–Crippen MR) is 116 cm³/mol. The maximum Gasteiger partial charge on any atom is 0.255 e. The molecule has 0 spiro atoms. The van der Waals surface area contributed by atoms with Crippen LogP contribution in [-0.4, -0.2) is 27.8 Å². The number of methoxy groups -OCH3 is 1. The number of hydrogen-bond acceptors (Lipinski definition) is 4. The quantitative estimate of drug-likeness (QED) is 0.500. The number of nitrogens with zero attached hydrogens (tertiary/aromatic N) is 3. The van der Waals surface area contributed by atoms with E-state index in [1.165, 1.54) is 12.1 Å². The highest BCUT2D eigenvalue weighted by Crippen LogP contribution is 2.27. The molecule has 1 N–H and O–H groups in total.